The zero-order valence-corrected chi connectivity index (χ0v) is 9.55. The van der Waals surface area contributed by atoms with Crippen LogP contribution in [0.1, 0.15) is 20.3 Å². The lowest BCUT2D eigenvalue weighted by Crippen LogP contribution is -2.33. The molecule has 4 nitrogen and oxygen atoms in total. The van der Waals surface area contributed by atoms with Crippen molar-refractivity contribution in [2.24, 2.45) is 11.7 Å². The van der Waals surface area contributed by atoms with Crippen molar-refractivity contribution in [3.8, 4) is 0 Å². The highest BCUT2D eigenvalue weighted by Gasteiger charge is 2.07. The van der Waals surface area contributed by atoms with Gasteiger partial charge in [0.2, 0.25) is 0 Å². The standard InChI is InChI=1S/C10H23N3O/c1-9(2)8-13(6-7-14-3)5-4-10(11)12/h9H,4-8H2,1-3H3,(H3,11,12). The summed E-state index contributed by atoms with van der Waals surface area (Å²) in [6.45, 7) is 7.93. The number of methoxy groups -OCH3 is 1. The van der Waals surface area contributed by atoms with E-state index in [2.05, 4.69) is 18.7 Å². The first kappa shape index (κ1) is 13.4. The Morgan fingerprint density at radius 3 is 2.50 bits per heavy atom. The molecule has 0 bridgehead atoms. The van der Waals surface area contributed by atoms with Crippen LogP contribution in [0.2, 0.25) is 0 Å². The molecule has 0 aliphatic carbocycles. The summed E-state index contributed by atoms with van der Waals surface area (Å²) < 4.78 is 5.03. The number of nitrogens with zero attached hydrogens (tertiary/aromatic N) is 1. The largest absolute Gasteiger partial charge is 0.388 e. The topological polar surface area (TPSA) is 62.3 Å². The van der Waals surface area contributed by atoms with Gasteiger partial charge in [0.1, 0.15) is 0 Å². The van der Waals surface area contributed by atoms with Gasteiger partial charge in [-0.3, -0.25) is 5.41 Å². The zero-order valence-electron chi connectivity index (χ0n) is 9.55. The summed E-state index contributed by atoms with van der Waals surface area (Å²) in [4.78, 5) is 2.29. The molecular formula is C10H23N3O. The van der Waals surface area contributed by atoms with E-state index in [9.17, 15) is 0 Å². The van der Waals surface area contributed by atoms with Crippen molar-refractivity contribution in [2.75, 3.05) is 33.4 Å². The smallest absolute Gasteiger partial charge is 0.0918 e. The van der Waals surface area contributed by atoms with Crippen molar-refractivity contribution < 1.29 is 4.74 Å². The number of amidine groups is 1. The molecule has 0 rings (SSSR count). The van der Waals surface area contributed by atoms with Crippen molar-refractivity contribution in [3.63, 3.8) is 0 Å². The molecule has 0 heterocycles. The molecule has 0 atom stereocenters. The zero-order chi connectivity index (χ0) is 11.0. The van der Waals surface area contributed by atoms with E-state index in [0.29, 0.717) is 12.3 Å². The first-order valence-electron chi connectivity index (χ1n) is 5.10. The Labute approximate surface area is 86.9 Å². The summed E-state index contributed by atoms with van der Waals surface area (Å²) in [5.41, 5.74) is 5.33. The third-order valence-corrected chi connectivity index (χ3v) is 1.93. The molecule has 0 aromatic rings. The molecule has 84 valence electrons. The molecule has 0 amide bonds. The molecule has 14 heavy (non-hydrogen) atoms. The van der Waals surface area contributed by atoms with Gasteiger partial charge in [0.25, 0.3) is 0 Å². The second-order valence-electron chi connectivity index (χ2n) is 3.96. The van der Waals surface area contributed by atoms with E-state index in [1.165, 1.54) is 0 Å². The summed E-state index contributed by atoms with van der Waals surface area (Å²) in [5.74, 6) is 0.898. The van der Waals surface area contributed by atoms with E-state index in [-0.39, 0.29) is 5.84 Å². The quantitative estimate of drug-likeness (QED) is 0.453. The van der Waals surface area contributed by atoms with Gasteiger partial charge in [-0.1, -0.05) is 13.8 Å². The Morgan fingerprint density at radius 2 is 2.07 bits per heavy atom. The lowest BCUT2D eigenvalue weighted by Gasteiger charge is -2.23. The molecule has 0 fully saturated rings. The molecule has 3 N–H and O–H groups in total. The second-order valence-corrected chi connectivity index (χ2v) is 3.96. The van der Waals surface area contributed by atoms with Crippen molar-refractivity contribution in [1.29, 1.82) is 5.41 Å². The van der Waals surface area contributed by atoms with E-state index in [4.69, 9.17) is 15.9 Å². The molecule has 0 aliphatic heterocycles. The highest BCUT2D eigenvalue weighted by molar-refractivity contribution is 5.76. The van der Waals surface area contributed by atoms with E-state index < -0.39 is 0 Å². The van der Waals surface area contributed by atoms with Crippen molar-refractivity contribution in [2.45, 2.75) is 20.3 Å². The van der Waals surface area contributed by atoms with E-state index in [0.717, 1.165) is 26.2 Å². The van der Waals surface area contributed by atoms with Crippen molar-refractivity contribution in [3.05, 3.63) is 0 Å². The first-order valence-corrected chi connectivity index (χ1v) is 5.10. The minimum absolute atomic E-state index is 0.260. The van der Waals surface area contributed by atoms with Crippen LogP contribution < -0.4 is 5.73 Å². The molecule has 0 saturated carbocycles. The van der Waals surface area contributed by atoms with E-state index >= 15 is 0 Å². The van der Waals surface area contributed by atoms with Gasteiger partial charge in [0, 0.05) is 33.2 Å². The minimum Gasteiger partial charge on any atom is -0.388 e. The number of ether oxygens (including phenoxy) is 1. The maximum atomic E-state index is 7.17. The van der Waals surface area contributed by atoms with Gasteiger partial charge >= 0.3 is 0 Å². The normalized spacial score (nSPS) is 11.2. The number of hydrogen-bond acceptors (Lipinski definition) is 3. The number of rotatable bonds is 8. The molecule has 0 aromatic heterocycles. The summed E-state index contributed by atoms with van der Waals surface area (Å²) in [6.07, 6.45) is 0.649. The van der Waals surface area contributed by atoms with E-state index in [1.807, 2.05) is 0 Å². The predicted molar refractivity (Wildman–Crippen MR) is 59.7 cm³/mol. The third kappa shape index (κ3) is 8.01. The Bertz CT molecular complexity index is 159. The van der Waals surface area contributed by atoms with Crippen molar-refractivity contribution >= 4 is 5.84 Å². The highest BCUT2D eigenvalue weighted by atomic mass is 16.5. The Morgan fingerprint density at radius 1 is 1.43 bits per heavy atom. The van der Waals surface area contributed by atoms with Crippen LogP contribution in [-0.4, -0.2) is 44.1 Å². The van der Waals surface area contributed by atoms with E-state index in [1.54, 1.807) is 7.11 Å². The van der Waals surface area contributed by atoms with Gasteiger partial charge in [0.15, 0.2) is 0 Å². The Kier molecular flexibility index (Phi) is 7.42. The van der Waals surface area contributed by atoms with Gasteiger partial charge in [-0.15, -0.1) is 0 Å². The second kappa shape index (κ2) is 7.76. The summed E-state index contributed by atoms with van der Waals surface area (Å²) >= 11 is 0. The SMILES string of the molecule is COCCN(CCC(=N)N)CC(C)C. The molecule has 0 spiro atoms. The molecule has 4 heteroatoms. The first-order chi connectivity index (χ1) is 6.56. The molecule has 0 aliphatic rings. The van der Waals surface area contributed by atoms with Crippen LogP contribution in [0.5, 0.6) is 0 Å². The van der Waals surface area contributed by atoms with Gasteiger partial charge in [-0.25, -0.2) is 0 Å². The molecule has 0 saturated heterocycles. The molecular weight excluding hydrogens is 178 g/mol. The predicted octanol–water partition coefficient (Wildman–Crippen LogP) is 0.917. The van der Waals surface area contributed by atoms with Crippen LogP contribution in [0.15, 0.2) is 0 Å². The fraction of sp³-hybridized carbons (Fsp3) is 0.900. The average Bonchev–Trinajstić information content (AvgIpc) is 2.09. The van der Waals surface area contributed by atoms with Gasteiger partial charge in [-0.2, -0.15) is 0 Å². The number of nitrogens with one attached hydrogen (secondary N) is 1. The summed E-state index contributed by atoms with van der Waals surface area (Å²) in [7, 11) is 1.71. The lowest BCUT2D eigenvalue weighted by molar-refractivity contribution is 0.142. The maximum Gasteiger partial charge on any atom is 0.0918 e. The number of hydrogen-bond donors (Lipinski definition) is 2. The van der Waals surface area contributed by atoms with Gasteiger partial charge in [-0.05, 0) is 5.92 Å². The lowest BCUT2D eigenvalue weighted by atomic mass is 10.2. The van der Waals surface area contributed by atoms with Crippen LogP contribution >= 0.6 is 0 Å². The van der Waals surface area contributed by atoms with Crippen LogP contribution in [-0.2, 0) is 4.74 Å². The average molecular weight is 201 g/mol. The fourth-order valence-electron chi connectivity index (χ4n) is 1.31. The van der Waals surface area contributed by atoms with Gasteiger partial charge in [0.05, 0.1) is 12.4 Å². The minimum atomic E-state index is 0.260. The highest BCUT2D eigenvalue weighted by Crippen LogP contribution is 1.99. The van der Waals surface area contributed by atoms with Crippen LogP contribution in [0, 0.1) is 11.3 Å². The third-order valence-electron chi connectivity index (χ3n) is 1.93. The molecule has 0 radical (unpaired) electrons. The van der Waals surface area contributed by atoms with Crippen LogP contribution in [0.3, 0.4) is 0 Å². The maximum absolute atomic E-state index is 7.17. The Hall–Kier alpha value is -0.610. The van der Waals surface area contributed by atoms with Crippen LogP contribution in [0.4, 0.5) is 0 Å². The fourth-order valence-corrected chi connectivity index (χ4v) is 1.31. The number of nitrogens with two attached hydrogens (primary N) is 1. The van der Waals surface area contributed by atoms with Gasteiger partial charge < -0.3 is 15.4 Å². The summed E-state index contributed by atoms with van der Waals surface area (Å²) in [5, 5.41) is 7.17. The Balaban J connectivity index is 3.77. The molecule has 0 aromatic carbocycles. The van der Waals surface area contributed by atoms with Crippen LogP contribution in [0.25, 0.3) is 0 Å². The van der Waals surface area contributed by atoms with Crippen molar-refractivity contribution in [1.82, 2.24) is 4.90 Å². The molecule has 0 unspecified atom stereocenters. The summed E-state index contributed by atoms with van der Waals surface area (Å²) in [6, 6.07) is 0. The monoisotopic (exact) mass is 201 g/mol.